The van der Waals surface area contributed by atoms with Gasteiger partial charge in [-0.15, -0.1) is 0 Å². The van der Waals surface area contributed by atoms with Crippen molar-refractivity contribution in [2.75, 3.05) is 33.4 Å². The minimum atomic E-state index is -3.42. The molecule has 1 aromatic rings. The minimum Gasteiger partial charge on any atom is -0.390 e. The van der Waals surface area contributed by atoms with Gasteiger partial charge in [-0.3, -0.25) is 4.79 Å². The summed E-state index contributed by atoms with van der Waals surface area (Å²) in [5.41, 5.74) is 1.63. The lowest BCUT2D eigenvalue weighted by molar-refractivity contribution is 0.0765. The van der Waals surface area contributed by atoms with Gasteiger partial charge in [-0.1, -0.05) is 12.1 Å². The Bertz CT molecular complexity index is 658. The third kappa shape index (κ3) is 5.00. The zero-order valence-corrected chi connectivity index (χ0v) is 14.4. The Morgan fingerprint density at radius 2 is 1.91 bits per heavy atom. The van der Waals surface area contributed by atoms with Gasteiger partial charge in [0, 0.05) is 25.2 Å². The van der Waals surface area contributed by atoms with E-state index in [1.54, 1.807) is 12.1 Å². The smallest absolute Gasteiger partial charge is 0.253 e. The molecule has 0 radical (unpaired) electrons. The second-order valence-electron chi connectivity index (χ2n) is 6.21. The predicted octanol–water partition coefficient (Wildman–Crippen LogP) is -0.517. The van der Waals surface area contributed by atoms with Crippen LogP contribution in [0.3, 0.4) is 0 Å². The maximum atomic E-state index is 12.5. The van der Waals surface area contributed by atoms with Crippen LogP contribution in [0.5, 0.6) is 0 Å². The number of aliphatic hydroxyl groups is 1. The maximum Gasteiger partial charge on any atom is 0.253 e. The van der Waals surface area contributed by atoms with E-state index in [9.17, 15) is 18.3 Å². The summed E-state index contributed by atoms with van der Waals surface area (Å²) in [7, 11) is 0.520. The Morgan fingerprint density at radius 1 is 1.30 bits per heavy atom. The number of likely N-dealkylation sites (tertiary alicyclic amines) is 1. The molecular weight excluding hydrogens is 318 g/mol. The Labute approximate surface area is 136 Å². The molecule has 1 fully saturated rings. The zero-order valence-electron chi connectivity index (χ0n) is 13.6. The molecule has 2 N–H and O–H groups in total. The monoisotopic (exact) mass is 341 g/mol. The SMILES string of the molecule is CN(C)Cc1ccc(C(=O)N2C[C@@H](O)[C@H](NS(C)(=O)=O)C2)cc1. The molecule has 0 aromatic heterocycles. The first-order valence-corrected chi connectivity index (χ1v) is 9.23. The lowest BCUT2D eigenvalue weighted by Gasteiger charge is -2.17. The number of amides is 1. The van der Waals surface area contributed by atoms with Crippen LogP contribution in [0.25, 0.3) is 0 Å². The van der Waals surface area contributed by atoms with Crippen LogP contribution in [-0.4, -0.2) is 74.8 Å². The second-order valence-corrected chi connectivity index (χ2v) is 7.99. The molecule has 23 heavy (non-hydrogen) atoms. The standard InChI is InChI=1S/C15H23N3O4S/c1-17(2)8-11-4-6-12(7-5-11)15(20)18-9-13(14(19)10-18)16-23(3,21)22/h4-7,13-14,16,19H,8-10H2,1-3H3/t13-,14-/m1/s1. The Kier molecular flexibility index (Phi) is 5.41. The lowest BCUT2D eigenvalue weighted by atomic mass is 10.1. The lowest BCUT2D eigenvalue weighted by Crippen LogP contribution is -2.42. The molecule has 2 rings (SSSR count). The highest BCUT2D eigenvalue weighted by atomic mass is 32.2. The number of β-amino-alcohol motifs (C(OH)–C–C–N with tert-alkyl or cyclic N) is 1. The van der Waals surface area contributed by atoms with Crippen LogP contribution in [0.2, 0.25) is 0 Å². The summed E-state index contributed by atoms with van der Waals surface area (Å²) in [5.74, 6) is -0.210. The Hall–Kier alpha value is -1.48. The number of benzene rings is 1. The van der Waals surface area contributed by atoms with E-state index in [0.29, 0.717) is 5.56 Å². The van der Waals surface area contributed by atoms with E-state index >= 15 is 0 Å². The number of nitrogens with zero attached hydrogens (tertiary/aromatic N) is 2. The molecule has 1 heterocycles. The Morgan fingerprint density at radius 3 is 2.43 bits per heavy atom. The number of sulfonamides is 1. The molecule has 0 unspecified atom stereocenters. The number of hydrogen-bond acceptors (Lipinski definition) is 5. The third-order valence-corrected chi connectivity index (χ3v) is 4.37. The van der Waals surface area contributed by atoms with E-state index in [0.717, 1.165) is 18.4 Å². The fraction of sp³-hybridized carbons (Fsp3) is 0.533. The number of rotatable bonds is 5. The normalized spacial score (nSPS) is 21.9. The van der Waals surface area contributed by atoms with Gasteiger partial charge in [-0.25, -0.2) is 13.1 Å². The molecule has 1 amide bonds. The number of nitrogens with one attached hydrogen (secondary N) is 1. The first-order valence-electron chi connectivity index (χ1n) is 7.34. The van der Waals surface area contributed by atoms with Crippen LogP contribution in [0, 0.1) is 0 Å². The first kappa shape index (κ1) is 17.9. The molecular formula is C15H23N3O4S. The topological polar surface area (TPSA) is 89.9 Å². The molecule has 0 bridgehead atoms. The number of carbonyl (C=O) groups excluding carboxylic acids is 1. The molecule has 1 aromatic carbocycles. The van der Waals surface area contributed by atoms with Crippen molar-refractivity contribution < 1.29 is 18.3 Å². The number of hydrogen-bond donors (Lipinski definition) is 2. The summed E-state index contributed by atoms with van der Waals surface area (Å²) < 4.78 is 24.9. The molecule has 1 aliphatic heterocycles. The average molecular weight is 341 g/mol. The van der Waals surface area contributed by atoms with Crippen LogP contribution >= 0.6 is 0 Å². The van der Waals surface area contributed by atoms with Crippen molar-refractivity contribution in [3.63, 3.8) is 0 Å². The van der Waals surface area contributed by atoms with Crippen LogP contribution in [-0.2, 0) is 16.6 Å². The molecule has 128 valence electrons. The summed E-state index contributed by atoms with van der Waals surface area (Å²) in [6.45, 7) is 1.06. The van der Waals surface area contributed by atoms with Crippen LogP contribution in [0.1, 0.15) is 15.9 Å². The van der Waals surface area contributed by atoms with Crippen molar-refractivity contribution in [1.82, 2.24) is 14.5 Å². The van der Waals surface area contributed by atoms with Crippen LogP contribution < -0.4 is 4.72 Å². The third-order valence-electron chi connectivity index (χ3n) is 3.64. The van der Waals surface area contributed by atoms with Crippen molar-refractivity contribution in [2.24, 2.45) is 0 Å². The van der Waals surface area contributed by atoms with E-state index in [1.807, 2.05) is 31.1 Å². The molecule has 8 heteroatoms. The van der Waals surface area contributed by atoms with Gasteiger partial charge in [-0.2, -0.15) is 0 Å². The van der Waals surface area contributed by atoms with Crippen molar-refractivity contribution in [3.8, 4) is 0 Å². The maximum absolute atomic E-state index is 12.5. The van der Waals surface area contributed by atoms with E-state index < -0.39 is 22.2 Å². The second kappa shape index (κ2) is 6.96. The van der Waals surface area contributed by atoms with Gasteiger partial charge < -0.3 is 14.9 Å². The summed E-state index contributed by atoms with van der Waals surface area (Å²) in [4.78, 5) is 16.0. The molecule has 1 saturated heterocycles. The molecule has 0 saturated carbocycles. The largest absolute Gasteiger partial charge is 0.390 e. The van der Waals surface area contributed by atoms with Crippen molar-refractivity contribution in [3.05, 3.63) is 35.4 Å². The highest BCUT2D eigenvalue weighted by Crippen LogP contribution is 2.16. The Balaban J connectivity index is 2.03. The van der Waals surface area contributed by atoms with Crippen molar-refractivity contribution >= 4 is 15.9 Å². The number of carbonyl (C=O) groups is 1. The van der Waals surface area contributed by atoms with E-state index in [-0.39, 0.29) is 19.0 Å². The fourth-order valence-corrected chi connectivity index (χ4v) is 3.43. The van der Waals surface area contributed by atoms with Gasteiger partial charge in [0.2, 0.25) is 10.0 Å². The van der Waals surface area contributed by atoms with Crippen molar-refractivity contribution in [1.29, 1.82) is 0 Å². The number of aliphatic hydroxyl groups excluding tert-OH is 1. The highest BCUT2D eigenvalue weighted by molar-refractivity contribution is 7.88. The molecule has 2 atom stereocenters. The van der Waals surface area contributed by atoms with E-state index in [4.69, 9.17) is 0 Å². The average Bonchev–Trinajstić information content (AvgIpc) is 2.77. The van der Waals surface area contributed by atoms with Gasteiger partial charge in [0.05, 0.1) is 18.4 Å². The zero-order chi connectivity index (χ0) is 17.2. The summed E-state index contributed by atoms with van der Waals surface area (Å²) in [5, 5.41) is 9.94. The highest BCUT2D eigenvalue weighted by Gasteiger charge is 2.35. The summed E-state index contributed by atoms with van der Waals surface area (Å²) in [6.07, 6.45) is 0.134. The van der Waals surface area contributed by atoms with E-state index in [1.165, 1.54) is 4.90 Å². The predicted molar refractivity (Wildman–Crippen MR) is 87.5 cm³/mol. The van der Waals surface area contributed by atoms with E-state index in [2.05, 4.69) is 4.72 Å². The van der Waals surface area contributed by atoms with Gasteiger partial charge in [-0.05, 0) is 31.8 Å². The van der Waals surface area contributed by atoms with Gasteiger partial charge >= 0.3 is 0 Å². The quantitative estimate of drug-likeness (QED) is 0.752. The summed E-state index contributed by atoms with van der Waals surface area (Å²) in [6, 6.07) is 6.63. The van der Waals surface area contributed by atoms with Gasteiger partial charge in [0.25, 0.3) is 5.91 Å². The summed E-state index contributed by atoms with van der Waals surface area (Å²) >= 11 is 0. The minimum absolute atomic E-state index is 0.117. The van der Waals surface area contributed by atoms with Crippen LogP contribution in [0.15, 0.2) is 24.3 Å². The van der Waals surface area contributed by atoms with Crippen LogP contribution in [0.4, 0.5) is 0 Å². The molecule has 0 spiro atoms. The molecule has 1 aliphatic rings. The van der Waals surface area contributed by atoms with Gasteiger partial charge in [0.1, 0.15) is 0 Å². The van der Waals surface area contributed by atoms with Crippen molar-refractivity contribution in [2.45, 2.75) is 18.7 Å². The molecule has 7 nitrogen and oxygen atoms in total. The van der Waals surface area contributed by atoms with Gasteiger partial charge in [0.15, 0.2) is 0 Å². The first-order chi connectivity index (χ1) is 10.7. The fourth-order valence-electron chi connectivity index (χ4n) is 2.64. The molecule has 0 aliphatic carbocycles.